The molecule has 5 heteroatoms. The van der Waals surface area contributed by atoms with Crippen molar-refractivity contribution in [3.05, 3.63) is 0 Å². The number of carbonyl (C=O) groups excluding carboxylic acids is 1. The molecule has 1 atom stereocenters. The third kappa shape index (κ3) is 6.04. The molecule has 5 nitrogen and oxygen atoms in total. The van der Waals surface area contributed by atoms with Crippen molar-refractivity contribution >= 4 is 11.9 Å². The summed E-state index contributed by atoms with van der Waals surface area (Å²) in [7, 11) is 0. The van der Waals surface area contributed by atoms with E-state index in [0.717, 1.165) is 43.2 Å². The Kier molecular flexibility index (Phi) is 7.18. The number of nitrogens with zero attached hydrogens (tertiary/aromatic N) is 1. The SMILES string of the molecule is CCNC(=NCC1CCC(C(C)C)CC1)NC1CCC(=O)NC1. The van der Waals surface area contributed by atoms with E-state index in [9.17, 15) is 4.79 Å². The summed E-state index contributed by atoms with van der Waals surface area (Å²) in [6.45, 7) is 9.26. The van der Waals surface area contributed by atoms with Crippen LogP contribution in [0.2, 0.25) is 0 Å². The highest BCUT2D eigenvalue weighted by Gasteiger charge is 2.23. The number of rotatable bonds is 5. The normalized spacial score (nSPS) is 29.3. The van der Waals surface area contributed by atoms with Gasteiger partial charge in [0.1, 0.15) is 0 Å². The minimum absolute atomic E-state index is 0.159. The van der Waals surface area contributed by atoms with E-state index in [1.54, 1.807) is 0 Å². The molecule has 1 unspecified atom stereocenters. The van der Waals surface area contributed by atoms with Gasteiger partial charge in [0, 0.05) is 32.1 Å². The highest BCUT2D eigenvalue weighted by Crippen LogP contribution is 2.33. The highest BCUT2D eigenvalue weighted by atomic mass is 16.1. The molecule has 0 spiro atoms. The number of carbonyl (C=O) groups is 1. The van der Waals surface area contributed by atoms with Crippen LogP contribution in [0.5, 0.6) is 0 Å². The van der Waals surface area contributed by atoms with Crippen molar-refractivity contribution in [1.29, 1.82) is 0 Å². The molecule has 0 aromatic heterocycles. The number of guanidine groups is 1. The molecule has 23 heavy (non-hydrogen) atoms. The number of piperidine rings is 1. The number of amides is 1. The smallest absolute Gasteiger partial charge is 0.220 e. The summed E-state index contributed by atoms with van der Waals surface area (Å²) >= 11 is 0. The molecule has 2 rings (SSSR count). The largest absolute Gasteiger partial charge is 0.357 e. The fourth-order valence-electron chi connectivity index (χ4n) is 3.63. The van der Waals surface area contributed by atoms with Gasteiger partial charge in [-0.25, -0.2) is 0 Å². The van der Waals surface area contributed by atoms with E-state index in [-0.39, 0.29) is 5.91 Å². The molecule has 2 aliphatic rings. The lowest BCUT2D eigenvalue weighted by Gasteiger charge is -2.30. The van der Waals surface area contributed by atoms with Gasteiger partial charge in [-0.05, 0) is 56.8 Å². The molecule has 3 N–H and O–H groups in total. The van der Waals surface area contributed by atoms with Crippen LogP contribution in [0.1, 0.15) is 59.3 Å². The predicted octanol–water partition coefficient (Wildman–Crippen LogP) is 2.28. The molecule has 1 amide bonds. The van der Waals surface area contributed by atoms with E-state index >= 15 is 0 Å². The number of nitrogens with one attached hydrogen (secondary N) is 3. The Hall–Kier alpha value is -1.26. The van der Waals surface area contributed by atoms with Crippen LogP contribution >= 0.6 is 0 Å². The molecule has 0 bridgehead atoms. The lowest BCUT2D eigenvalue weighted by Crippen LogP contribution is -2.51. The van der Waals surface area contributed by atoms with E-state index in [1.165, 1.54) is 25.7 Å². The van der Waals surface area contributed by atoms with Crippen molar-refractivity contribution < 1.29 is 4.79 Å². The summed E-state index contributed by atoms with van der Waals surface area (Å²) in [5.74, 6) is 3.52. The van der Waals surface area contributed by atoms with Gasteiger partial charge in [0.2, 0.25) is 5.91 Å². The van der Waals surface area contributed by atoms with Crippen molar-refractivity contribution in [3.63, 3.8) is 0 Å². The Bertz CT molecular complexity index is 390. The van der Waals surface area contributed by atoms with E-state index in [0.29, 0.717) is 19.0 Å². The first-order valence-corrected chi connectivity index (χ1v) is 9.40. The maximum absolute atomic E-state index is 11.2. The average molecular weight is 322 g/mol. The molecule has 1 saturated heterocycles. The summed E-state index contributed by atoms with van der Waals surface area (Å²) in [6.07, 6.45) is 6.83. The Balaban J connectivity index is 1.78. The summed E-state index contributed by atoms with van der Waals surface area (Å²) in [5.41, 5.74) is 0. The van der Waals surface area contributed by atoms with Gasteiger partial charge in [0.05, 0.1) is 0 Å². The van der Waals surface area contributed by atoms with Crippen LogP contribution in [0.15, 0.2) is 4.99 Å². The Morgan fingerprint density at radius 3 is 2.57 bits per heavy atom. The Morgan fingerprint density at radius 1 is 1.26 bits per heavy atom. The van der Waals surface area contributed by atoms with Gasteiger partial charge in [-0.3, -0.25) is 9.79 Å². The van der Waals surface area contributed by atoms with E-state index in [4.69, 9.17) is 4.99 Å². The van der Waals surface area contributed by atoms with E-state index in [2.05, 4.69) is 36.7 Å². The first-order valence-electron chi connectivity index (χ1n) is 9.40. The molecule has 0 aromatic rings. The summed E-state index contributed by atoms with van der Waals surface area (Å²) in [5, 5.41) is 9.72. The van der Waals surface area contributed by atoms with Gasteiger partial charge >= 0.3 is 0 Å². The zero-order valence-electron chi connectivity index (χ0n) is 15.0. The van der Waals surface area contributed by atoms with Crippen molar-refractivity contribution in [2.24, 2.45) is 22.7 Å². The number of hydrogen-bond donors (Lipinski definition) is 3. The van der Waals surface area contributed by atoms with Crippen LogP contribution in [-0.4, -0.2) is 37.5 Å². The number of aliphatic imine (C=N–C) groups is 1. The molecule has 1 heterocycles. The van der Waals surface area contributed by atoms with Gasteiger partial charge in [-0.15, -0.1) is 0 Å². The quantitative estimate of drug-likeness (QED) is 0.537. The van der Waals surface area contributed by atoms with Gasteiger partial charge in [0.15, 0.2) is 5.96 Å². The van der Waals surface area contributed by atoms with Crippen LogP contribution in [0.4, 0.5) is 0 Å². The van der Waals surface area contributed by atoms with Crippen LogP contribution in [0.3, 0.4) is 0 Å². The average Bonchev–Trinajstić information content (AvgIpc) is 2.55. The molecule has 2 fully saturated rings. The highest BCUT2D eigenvalue weighted by molar-refractivity contribution is 5.81. The maximum Gasteiger partial charge on any atom is 0.220 e. The summed E-state index contributed by atoms with van der Waals surface area (Å²) in [6, 6.07) is 0.294. The second-order valence-electron chi connectivity index (χ2n) is 7.43. The van der Waals surface area contributed by atoms with Crippen molar-refractivity contribution in [2.75, 3.05) is 19.6 Å². The topological polar surface area (TPSA) is 65.5 Å². The third-order valence-electron chi connectivity index (χ3n) is 5.29. The van der Waals surface area contributed by atoms with Crippen LogP contribution < -0.4 is 16.0 Å². The molecule has 0 aromatic carbocycles. The lowest BCUT2D eigenvalue weighted by molar-refractivity contribution is -0.122. The molecule has 1 aliphatic heterocycles. The summed E-state index contributed by atoms with van der Waals surface area (Å²) in [4.78, 5) is 16.0. The zero-order chi connectivity index (χ0) is 16.7. The molecule has 0 radical (unpaired) electrons. The fourth-order valence-corrected chi connectivity index (χ4v) is 3.63. The summed E-state index contributed by atoms with van der Waals surface area (Å²) < 4.78 is 0. The second kappa shape index (κ2) is 9.14. The van der Waals surface area contributed by atoms with E-state index < -0.39 is 0 Å². The Morgan fingerprint density at radius 2 is 2.00 bits per heavy atom. The van der Waals surface area contributed by atoms with Crippen LogP contribution in [0.25, 0.3) is 0 Å². The Labute approximate surface area is 141 Å². The van der Waals surface area contributed by atoms with Crippen molar-refractivity contribution in [2.45, 2.75) is 65.3 Å². The first-order chi connectivity index (χ1) is 11.1. The molecule has 132 valence electrons. The standard InChI is InChI=1S/C18H34N4O/c1-4-19-18(22-16-9-10-17(23)20-12-16)21-11-14-5-7-15(8-6-14)13(2)3/h13-16H,4-12H2,1-3H3,(H,20,23)(H2,19,21,22). The first kappa shape index (κ1) is 18.1. The predicted molar refractivity (Wildman–Crippen MR) is 95.4 cm³/mol. The van der Waals surface area contributed by atoms with Crippen molar-refractivity contribution in [3.8, 4) is 0 Å². The monoisotopic (exact) mass is 322 g/mol. The zero-order valence-corrected chi connectivity index (χ0v) is 15.0. The third-order valence-corrected chi connectivity index (χ3v) is 5.29. The molecule has 1 saturated carbocycles. The second-order valence-corrected chi connectivity index (χ2v) is 7.43. The van der Waals surface area contributed by atoms with Crippen LogP contribution in [-0.2, 0) is 4.79 Å². The van der Waals surface area contributed by atoms with Crippen molar-refractivity contribution in [1.82, 2.24) is 16.0 Å². The molecular weight excluding hydrogens is 288 g/mol. The van der Waals surface area contributed by atoms with Gasteiger partial charge in [-0.2, -0.15) is 0 Å². The lowest BCUT2D eigenvalue weighted by atomic mass is 9.77. The fraction of sp³-hybridized carbons (Fsp3) is 0.889. The molecule has 1 aliphatic carbocycles. The van der Waals surface area contributed by atoms with Gasteiger partial charge < -0.3 is 16.0 Å². The minimum atomic E-state index is 0.159. The van der Waals surface area contributed by atoms with Gasteiger partial charge in [0.25, 0.3) is 0 Å². The van der Waals surface area contributed by atoms with Crippen LogP contribution in [0, 0.1) is 17.8 Å². The number of hydrogen-bond acceptors (Lipinski definition) is 2. The van der Waals surface area contributed by atoms with Gasteiger partial charge in [-0.1, -0.05) is 13.8 Å². The molecular formula is C18H34N4O. The van der Waals surface area contributed by atoms with E-state index in [1.807, 2.05) is 0 Å². The minimum Gasteiger partial charge on any atom is -0.357 e. The maximum atomic E-state index is 11.2.